The Morgan fingerprint density at radius 1 is 1.15 bits per heavy atom. The molecule has 0 aliphatic carbocycles. The van der Waals surface area contributed by atoms with E-state index in [1.165, 1.54) is 0 Å². The number of rotatable bonds is 9. The van der Waals surface area contributed by atoms with E-state index in [1.807, 2.05) is 0 Å². The molecule has 0 aliphatic rings. The molecule has 2 N–H and O–H groups in total. The first-order valence-corrected chi connectivity index (χ1v) is 7.39. The Labute approximate surface area is 122 Å². The van der Waals surface area contributed by atoms with Crippen LogP contribution in [0, 0.1) is 0 Å². The van der Waals surface area contributed by atoms with Crippen LogP contribution < -0.4 is 10.6 Å². The van der Waals surface area contributed by atoms with Gasteiger partial charge in [0.2, 0.25) is 0 Å². The molecule has 1 rings (SSSR count). The van der Waals surface area contributed by atoms with Crippen molar-refractivity contribution in [3.8, 4) is 0 Å². The summed E-state index contributed by atoms with van der Waals surface area (Å²) in [6.45, 7) is 10.1. The molecule has 0 aliphatic heterocycles. The summed E-state index contributed by atoms with van der Waals surface area (Å²) in [5.74, 6) is 1.85. The highest BCUT2D eigenvalue weighted by Crippen LogP contribution is 2.24. The Balaban J connectivity index is 2.98. The number of hydrogen-bond donors (Lipinski definition) is 2. The van der Waals surface area contributed by atoms with E-state index in [2.05, 4.69) is 48.3 Å². The van der Waals surface area contributed by atoms with Crippen LogP contribution in [0.15, 0.2) is 6.33 Å². The lowest BCUT2D eigenvalue weighted by atomic mass is 10.1. The maximum atomic E-state index is 5.25. The molecule has 5 heteroatoms. The van der Waals surface area contributed by atoms with Crippen molar-refractivity contribution in [1.82, 2.24) is 9.97 Å². The molecule has 0 spiro atoms. The summed E-state index contributed by atoms with van der Waals surface area (Å²) < 4.78 is 5.25. The molecule has 5 nitrogen and oxygen atoms in total. The highest BCUT2D eigenvalue weighted by atomic mass is 16.5. The van der Waals surface area contributed by atoms with E-state index in [-0.39, 0.29) is 5.54 Å². The summed E-state index contributed by atoms with van der Waals surface area (Å²) in [4.78, 5) is 8.79. The largest absolute Gasteiger partial charge is 0.382 e. The lowest BCUT2D eigenvalue weighted by Gasteiger charge is -2.27. The molecule has 1 aromatic heterocycles. The van der Waals surface area contributed by atoms with Crippen LogP contribution in [0.4, 0.5) is 11.6 Å². The van der Waals surface area contributed by atoms with Gasteiger partial charge in [-0.15, -0.1) is 0 Å². The van der Waals surface area contributed by atoms with Crippen LogP contribution in [0.5, 0.6) is 0 Å². The number of anilines is 2. The first kappa shape index (κ1) is 16.7. The van der Waals surface area contributed by atoms with E-state index in [0.717, 1.165) is 43.0 Å². The molecule has 0 amide bonds. The fourth-order valence-corrected chi connectivity index (χ4v) is 2.12. The van der Waals surface area contributed by atoms with Crippen molar-refractivity contribution in [1.29, 1.82) is 0 Å². The summed E-state index contributed by atoms with van der Waals surface area (Å²) in [5, 5.41) is 6.86. The summed E-state index contributed by atoms with van der Waals surface area (Å²) in [7, 11) is 1.71. The number of methoxy groups -OCH3 is 1. The molecule has 114 valence electrons. The van der Waals surface area contributed by atoms with Crippen LogP contribution in [0.1, 0.15) is 46.1 Å². The Hall–Kier alpha value is -1.36. The molecule has 1 heterocycles. The van der Waals surface area contributed by atoms with Gasteiger partial charge in [0.1, 0.15) is 18.0 Å². The summed E-state index contributed by atoms with van der Waals surface area (Å²) >= 11 is 0. The average Bonchev–Trinajstić information content (AvgIpc) is 2.39. The van der Waals surface area contributed by atoms with Crippen LogP contribution in [-0.4, -0.2) is 35.8 Å². The molecule has 0 bridgehead atoms. The Morgan fingerprint density at radius 2 is 1.85 bits per heavy atom. The Kier molecular flexibility index (Phi) is 6.71. The third kappa shape index (κ3) is 4.96. The number of ether oxygens (including phenoxy) is 1. The van der Waals surface area contributed by atoms with Gasteiger partial charge in [-0.05, 0) is 26.7 Å². The Bertz CT molecular complexity index is 407. The van der Waals surface area contributed by atoms with Gasteiger partial charge in [0, 0.05) is 19.2 Å². The van der Waals surface area contributed by atoms with Gasteiger partial charge in [-0.1, -0.05) is 20.3 Å². The van der Waals surface area contributed by atoms with Crippen molar-refractivity contribution in [2.45, 2.75) is 52.5 Å². The molecule has 0 aromatic carbocycles. The van der Waals surface area contributed by atoms with Crippen molar-refractivity contribution in [2.75, 3.05) is 30.9 Å². The summed E-state index contributed by atoms with van der Waals surface area (Å²) in [5.41, 5.74) is 1.00. The zero-order chi connectivity index (χ0) is 15.0. The molecule has 0 fully saturated rings. The lowest BCUT2D eigenvalue weighted by molar-refractivity contribution is 0.158. The van der Waals surface area contributed by atoms with E-state index < -0.39 is 0 Å². The summed E-state index contributed by atoms with van der Waals surface area (Å²) in [6.07, 6.45) is 4.71. The van der Waals surface area contributed by atoms with Crippen molar-refractivity contribution in [3.05, 3.63) is 11.9 Å². The van der Waals surface area contributed by atoms with Crippen LogP contribution >= 0.6 is 0 Å². The van der Waals surface area contributed by atoms with Crippen molar-refractivity contribution >= 4 is 11.6 Å². The predicted octanol–water partition coefficient (Wildman–Crippen LogP) is 3.09. The molecule has 0 atom stereocenters. The van der Waals surface area contributed by atoms with E-state index in [4.69, 9.17) is 4.74 Å². The van der Waals surface area contributed by atoms with Gasteiger partial charge in [-0.2, -0.15) is 0 Å². The summed E-state index contributed by atoms with van der Waals surface area (Å²) in [6, 6.07) is 0. The maximum absolute atomic E-state index is 5.25. The van der Waals surface area contributed by atoms with Crippen LogP contribution in [0.3, 0.4) is 0 Å². The minimum absolute atomic E-state index is 0.159. The smallest absolute Gasteiger partial charge is 0.135 e. The van der Waals surface area contributed by atoms with Gasteiger partial charge in [0.25, 0.3) is 0 Å². The number of aromatic nitrogens is 2. The van der Waals surface area contributed by atoms with Gasteiger partial charge in [0.05, 0.1) is 12.1 Å². The van der Waals surface area contributed by atoms with Crippen molar-refractivity contribution in [3.63, 3.8) is 0 Å². The number of hydrogen-bond acceptors (Lipinski definition) is 5. The number of nitrogens with zero attached hydrogens (tertiary/aromatic N) is 2. The first-order chi connectivity index (χ1) is 9.54. The van der Waals surface area contributed by atoms with Gasteiger partial charge in [-0.25, -0.2) is 9.97 Å². The highest BCUT2D eigenvalue weighted by Gasteiger charge is 2.20. The second-order valence-corrected chi connectivity index (χ2v) is 5.67. The van der Waals surface area contributed by atoms with Crippen LogP contribution in [0.25, 0.3) is 0 Å². The third-order valence-electron chi connectivity index (χ3n) is 2.95. The minimum Gasteiger partial charge on any atom is -0.382 e. The van der Waals surface area contributed by atoms with E-state index >= 15 is 0 Å². The fourth-order valence-electron chi connectivity index (χ4n) is 2.12. The molecular weight excluding hydrogens is 252 g/mol. The van der Waals surface area contributed by atoms with Gasteiger partial charge >= 0.3 is 0 Å². The van der Waals surface area contributed by atoms with Gasteiger partial charge < -0.3 is 15.4 Å². The molecule has 20 heavy (non-hydrogen) atoms. The molecular formula is C15H28N4O. The van der Waals surface area contributed by atoms with Crippen molar-refractivity contribution < 1.29 is 4.74 Å². The SMILES string of the molecule is CCCNc1ncnc(NC(C)(C)COC)c1CCC. The van der Waals surface area contributed by atoms with Crippen molar-refractivity contribution in [2.24, 2.45) is 0 Å². The van der Waals surface area contributed by atoms with E-state index in [9.17, 15) is 0 Å². The molecule has 0 saturated heterocycles. The monoisotopic (exact) mass is 280 g/mol. The van der Waals surface area contributed by atoms with E-state index in [1.54, 1.807) is 13.4 Å². The van der Waals surface area contributed by atoms with Gasteiger partial charge in [0.15, 0.2) is 0 Å². The molecule has 0 radical (unpaired) electrons. The fraction of sp³-hybridized carbons (Fsp3) is 0.733. The highest BCUT2D eigenvalue weighted by molar-refractivity contribution is 5.58. The maximum Gasteiger partial charge on any atom is 0.135 e. The predicted molar refractivity (Wildman–Crippen MR) is 84.4 cm³/mol. The topological polar surface area (TPSA) is 59.1 Å². The average molecular weight is 280 g/mol. The van der Waals surface area contributed by atoms with Crippen LogP contribution in [0.2, 0.25) is 0 Å². The second kappa shape index (κ2) is 8.04. The quantitative estimate of drug-likeness (QED) is 0.728. The lowest BCUT2D eigenvalue weighted by Crippen LogP contribution is -2.36. The molecule has 0 saturated carbocycles. The standard InChI is InChI=1S/C15H28N4O/c1-6-8-12-13(16-9-7-2)17-11-18-14(12)19-15(3,4)10-20-5/h11H,6-10H2,1-5H3,(H2,16,17,18,19). The molecule has 0 unspecified atom stereocenters. The molecule has 1 aromatic rings. The first-order valence-electron chi connectivity index (χ1n) is 7.39. The zero-order valence-electron chi connectivity index (χ0n) is 13.4. The normalized spacial score (nSPS) is 11.4. The van der Waals surface area contributed by atoms with E-state index in [0.29, 0.717) is 6.61 Å². The van der Waals surface area contributed by atoms with Gasteiger partial charge in [-0.3, -0.25) is 0 Å². The third-order valence-corrected chi connectivity index (χ3v) is 2.95. The minimum atomic E-state index is -0.159. The van der Waals surface area contributed by atoms with Crippen LogP contribution in [-0.2, 0) is 11.2 Å². The second-order valence-electron chi connectivity index (χ2n) is 5.67. The Morgan fingerprint density at radius 3 is 2.45 bits per heavy atom. The zero-order valence-corrected chi connectivity index (χ0v) is 13.4. The number of nitrogens with one attached hydrogen (secondary N) is 2.